The fraction of sp³-hybridized carbons (Fsp3) is 0.462. The summed E-state index contributed by atoms with van der Waals surface area (Å²) in [4.78, 5) is 11.2. The van der Waals surface area contributed by atoms with Crippen LogP contribution in [0.3, 0.4) is 0 Å². The molecule has 1 heterocycles. The molecular formula is C13H15F2NO3S. The third kappa shape index (κ3) is 3.15. The van der Waals surface area contributed by atoms with Gasteiger partial charge in [0.15, 0.2) is 11.6 Å². The van der Waals surface area contributed by atoms with Crippen molar-refractivity contribution in [2.24, 2.45) is 0 Å². The molecule has 0 unspecified atom stereocenters. The highest BCUT2D eigenvalue weighted by atomic mass is 32.2. The maximum Gasteiger partial charge on any atom is 0.340 e. The molecule has 7 heteroatoms. The molecule has 4 nitrogen and oxygen atoms in total. The predicted molar refractivity (Wildman–Crippen MR) is 72.2 cm³/mol. The summed E-state index contributed by atoms with van der Waals surface area (Å²) in [6, 6.07) is 2.47. The Kier molecular flexibility index (Phi) is 4.69. The lowest BCUT2D eigenvalue weighted by atomic mass is 10.1. The molecule has 110 valence electrons. The molecule has 1 aliphatic heterocycles. The molecule has 0 atom stereocenters. The molecule has 0 spiro atoms. The van der Waals surface area contributed by atoms with Gasteiger partial charge >= 0.3 is 5.97 Å². The number of hydrogen-bond donors (Lipinski definition) is 1. The summed E-state index contributed by atoms with van der Waals surface area (Å²) in [7, 11) is 0.296. The minimum absolute atomic E-state index is 0.00725. The number of benzene rings is 1. The highest BCUT2D eigenvalue weighted by Crippen LogP contribution is 2.24. The average molecular weight is 303 g/mol. The van der Waals surface area contributed by atoms with Crippen LogP contribution in [0.2, 0.25) is 0 Å². The fourth-order valence-corrected chi connectivity index (χ4v) is 3.39. The zero-order chi connectivity index (χ0) is 14.7. The maximum atomic E-state index is 13.9. The van der Waals surface area contributed by atoms with Crippen molar-refractivity contribution in [3.05, 3.63) is 29.3 Å². The van der Waals surface area contributed by atoms with Gasteiger partial charge in [0.25, 0.3) is 0 Å². The number of carbonyl (C=O) groups is 1. The number of halogens is 2. The van der Waals surface area contributed by atoms with Gasteiger partial charge in [-0.3, -0.25) is 4.21 Å². The Morgan fingerprint density at radius 3 is 2.55 bits per heavy atom. The van der Waals surface area contributed by atoms with Gasteiger partial charge in [-0.2, -0.15) is 0 Å². The lowest BCUT2D eigenvalue weighted by Gasteiger charge is -2.24. The zero-order valence-corrected chi connectivity index (χ0v) is 11.8. The van der Waals surface area contributed by atoms with Gasteiger partial charge in [0.2, 0.25) is 0 Å². The summed E-state index contributed by atoms with van der Waals surface area (Å²) in [6.07, 6.45) is 1.29. The van der Waals surface area contributed by atoms with Crippen molar-refractivity contribution < 1.29 is 22.5 Å². The molecule has 1 fully saturated rings. The van der Waals surface area contributed by atoms with Gasteiger partial charge in [0.1, 0.15) is 0 Å². The first-order valence-electron chi connectivity index (χ1n) is 6.20. The van der Waals surface area contributed by atoms with E-state index in [9.17, 15) is 17.8 Å². The van der Waals surface area contributed by atoms with Gasteiger partial charge in [-0.05, 0) is 25.0 Å². The van der Waals surface area contributed by atoms with E-state index in [1.807, 2.05) is 0 Å². The van der Waals surface area contributed by atoms with E-state index in [1.165, 1.54) is 12.1 Å². The van der Waals surface area contributed by atoms with Gasteiger partial charge in [0.05, 0.1) is 18.4 Å². The first-order valence-corrected chi connectivity index (χ1v) is 7.69. The second-order valence-electron chi connectivity index (χ2n) is 4.55. The third-order valence-electron chi connectivity index (χ3n) is 3.24. The lowest BCUT2D eigenvalue weighted by molar-refractivity contribution is 0.0594. The van der Waals surface area contributed by atoms with Crippen LogP contribution < -0.4 is 5.32 Å². The number of ether oxygens (including phenoxy) is 1. The van der Waals surface area contributed by atoms with E-state index in [-0.39, 0.29) is 11.7 Å². The molecule has 1 aliphatic rings. The summed E-state index contributed by atoms with van der Waals surface area (Å²) < 4.78 is 43.2. The van der Waals surface area contributed by atoms with Gasteiger partial charge < -0.3 is 10.1 Å². The molecule has 2 rings (SSSR count). The highest BCUT2D eigenvalue weighted by Gasteiger charge is 2.22. The molecule has 0 saturated carbocycles. The van der Waals surface area contributed by atoms with E-state index < -0.39 is 34.0 Å². The Bertz CT molecular complexity index is 541. The number of carbonyl (C=O) groups excluding carboxylic acids is 1. The van der Waals surface area contributed by atoms with Crippen molar-refractivity contribution in [3.8, 4) is 0 Å². The molecule has 0 bridgehead atoms. The van der Waals surface area contributed by atoms with E-state index in [0.717, 1.165) is 7.11 Å². The predicted octanol–water partition coefficient (Wildman–Crippen LogP) is 2.07. The molecule has 0 aliphatic carbocycles. The Morgan fingerprint density at radius 2 is 1.95 bits per heavy atom. The molecular weight excluding hydrogens is 288 g/mol. The van der Waals surface area contributed by atoms with Crippen LogP contribution in [0, 0.1) is 11.6 Å². The first-order chi connectivity index (χ1) is 9.52. The lowest BCUT2D eigenvalue weighted by Crippen LogP contribution is -2.29. The second kappa shape index (κ2) is 6.30. The third-order valence-corrected chi connectivity index (χ3v) is 4.62. The molecule has 1 aromatic rings. The average Bonchev–Trinajstić information content (AvgIpc) is 2.45. The number of rotatable bonds is 3. The van der Waals surface area contributed by atoms with Crippen molar-refractivity contribution in [1.29, 1.82) is 0 Å². The first kappa shape index (κ1) is 14.9. The summed E-state index contributed by atoms with van der Waals surface area (Å²) >= 11 is 0. The van der Waals surface area contributed by atoms with E-state index >= 15 is 0 Å². The van der Waals surface area contributed by atoms with Crippen LogP contribution in [0.25, 0.3) is 0 Å². The van der Waals surface area contributed by atoms with Gasteiger partial charge in [-0.15, -0.1) is 0 Å². The van der Waals surface area contributed by atoms with Crippen LogP contribution in [0.1, 0.15) is 23.2 Å². The van der Waals surface area contributed by atoms with Crippen molar-refractivity contribution >= 4 is 22.5 Å². The minimum atomic E-state index is -1.22. The van der Waals surface area contributed by atoms with Gasteiger partial charge in [0, 0.05) is 28.3 Å². The van der Waals surface area contributed by atoms with Crippen molar-refractivity contribution in [2.45, 2.75) is 18.9 Å². The Balaban J connectivity index is 2.15. The van der Waals surface area contributed by atoms with Crippen molar-refractivity contribution in [3.63, 3.8) is 0 Å². The molecule has 20 heavy (non-hydrogen) atoms. The second-order valence-corrected chi connectivity index (χ2v) is 6.24. The van der Waals surface area contributed by atoms with Crippen LogP contribution in [0.15, 0.2) is 12.1 Å². The Morgan fingerprint density at radius 1 is 1.30 bits per heavy atom. The largest absolute Gasteiger partial charge is 0.465 e. The SMILES string of the molecule is COC(=O)c1ccc(NC2CCS(=O)CC2)c(F)c1F. The normalized spacial score (nSPS) is 22.4. The molecule has 1 saturated heterocycles. The summed E-state index contributed by atoms with van der Waals surface area (Å²) in [6.45, 7) is 0. The van der Waals surface area contributed by atoms with E-state index in [2.05, 4.69) is 10.1 Å². The molecule has 0 radical (unpaired) electrons. The van der Waals surface area contributed by atoms with Crippen LogP contribution in [0.5, 0.6) is 0 Å². The maximum absolute atomic E-state index is 13.9. The molecule has 1 aromatic carbocycles. The Hall–Kier alpha value is -1.50. The van der Waals surface area contributed by atoms with Crippen LogP contribution in [-0.2, 0) is 15.5 Å². The number of anilines is 1. The van der Waals surface area contributed by atoms with E-state index in [4.69, 9.17) is 0 Å². The summed E-state index contributed by atoms with van der Waals surface area (Å²) in [5, 5.41) is 2.89. The number of esters is 1. The van der Waals surface area contributed by atoms with E-state index in [1.54, 1.807) is 0 Å². The highest BCUT2D eigenvalue weighted by molar-refractivity contribution is 7.85. The number of nitrogens with one attached hydrogen (secondary N) is 1. The van der Waals surface area contributed by atoms with Crippen LogP contribution >= 0.6 is 0 Å². The monoisotopic (exact) mass is 303 g/mol. The summed E-state index contributed by atoms with van der Waals surface area (Å²) in [5.74, 6) is -2.12. The summed E-state index contributed by atoms with van der Waals surface area (Å²) in [5.41, 5.74) is -0.423. The van der Waals surface area contributed by atoms with Gasteiger partial charge in [-0.25, -0.2) is 13.6 Å². The van der Waals surface area contributed by atoms with Gasteiger partial charge in [-0.1, -0.05) is 0 Å². The van der Waals surface area contributed by atoms with Crippen molar-refractivity contribution in [1.82, 2.24) is 0 Å². The van der Waals surface area contributed by atoms with Crippen LogP contribution in [0.4, 0.5) is 14.5 Å². The zero-order valence-electron chi connectivity index (χ0n) is 10.9. The Labute approximate surface area is 118 Å². The number of hydrogen-bond acceptors (Lipinski definition) is 4. The van der Waals surface area contributed by atoms with Crippen LogP contribution in [-0.4, -0.2) is 34.8 Å². The topological polar surface area (TPSA) is 55.4 Å². The fourth-order valence-electron chi connectivity index (χ4n) is 2.09. The molecule has 0 aromatic heterocycles. The quantitative estimate of drug-likeness (QED) is 0.869. The number of methoxy groups -OCH3 is 1. The molecule has 0 amide bonds. The molecule has 1 N–H and O–H groups in total. The van der Waals surface area contributed by atoms with Crippen molar-refractivity contribution in [2.75, 3.05) is 23.9 Å². The smallest absolute Gasteiger partial charge is 0.340 e. The van der Waals surface area contributed by atoms with E-state index in [0.29, 0.717) is 24.3 Å². The minimum Gasteiger partial charge on any atom is -0.465 e. The standard InChI is InChI=1S/C13H15F2NO3S/c1-19-13(17)9-2-3-10(12(15)11(9)14)16-8-4-6-20(18)7-5-8/h2-3,8,16H,4-7H2,1H3.